The molecule has 0 radical (unpaired) electrons. The Balaban J connectivity index is 2.75. The fourth-order valence-electron chi connectivity index (χ4n) is 1.79. The summed E-state index contributed by atoms with van der Waals surface area (Å²) < 4.78 is 4.44. The second-order valence-corrected chi connectivity index (χ2v) is 6.69. The number of carbonyl (C=O) groups excluding carboxylic acids is 2. The van der Waals surface area contributed by atoms with E-state index in [0.29, 0.717) is 6.42 Å². The normalized spacial score (nSPS) is 13.8. The molecule has 22 heavy (non-hydrogen) atoms. The molecule has 0 saturated heterocycles. The van der Waals surface area contributed by atoms with Crippen molar-refractivity contribution < 1.29 is 14.3 Å². The molecule has 0 aromatic heterocycles. The maximum atomic E-state index is 12.4. The van der Waals surface area contributed by atoms with Crippen molar-refractivity contribution in [2.75, 3.05) is 0 Å². The van der Waals surface area contributed by atoms with Gasteiger partial charge in [0.05, 0.1) is 0 Å². The molecule has 4 heteroatoms. The molecule has 0 saturated carbocycles. The number of benzene rings is 1. The van der Waals surface area contributed by atoms with Crippen LogP contribution in [0.2, 0.25) is 0 Å². The number of unbranched alkanes of at least 4 members (excludes halogenated alkanes) is 1. The number of allylic oxidation sites excluding steroid dienone is 1. The van der Waals surface area contributed by atoms with Crippen LogP contribution < -0.4 is 0 Å². The Morgan fingerprint density at radius 3 is 2.50 bits per heavy atom. The van der Waals surface area contributed by atoms with Gasteiger partial charge in [-0.3, -0.25) is 9.59 Å². The van der Waals surface area contributed by atoms with Gasteiger partial charge in [0.25, 0.3) is 0 Å². The fraction of sp³-hybridized carbons (Fsp3) is 0.444. The summed E-state index contributed by atoms with van der Waals surface area (Å²) in [7, 11) is 0. The van der Waals surface area contributed by atoms with Crippen LogP contribution in [-0.2, 0) is 20.9 Å². The van der Waals surface area contributed by atoms with E-state index >= 15 is 0 Å². The molecule has 0 unspecified atom stereocenters. The summed E-state index contributed by atoms with van der Waals surface area (Å²) in [6.45, 7) is 5.82. The molecule has 120 valence electrons. The van der Waals surface area contributed by atoms with Crippen LogP contribution in [-0.4, -0.2) is 15.8 Å². The Labute approximate surface area is 137 Å². The molecule has 0 bridgehead atoms. The van der Waals surface area contributed by atoms with E-state index in [9.17, 15) is 9.59 Å². The van der Waals surface area contributed by atoms with E-state index in [1.165, 1.54) is 0 Å². The highest BCUT2D eigenvalue weighted by molar-refractivity contribution is 8.15. The summed E-state index contributed by atoms with van der Waals surface area (Å²) in [6, 6.07) is 9.53. The molecular formula is C18H24O3S. The molecule has 1 aromatic carbocycles. The lowest BCUT2D eigenvalue weighted by Gasteiger charge is -2.22. The summed E-state index contributed by atoms with van der Waals surface area (Å²) in [5, 5.41) is -0.0136. The topological polar surface area (TPSA) is 43.4 Å². The van der Waals surface area contributed by atoms with Gasteiger partial charge in [0.2, 0.25) is 0 Å². The Morgan fingerprint density at radius 2 is 1.91 bits per heavy atom. The van der Waals surface area contributed by atoms with E-state index in [1.807, 2.05) is 36.4 Å². The number of hydrogen-bond donors (Lipinski definition) is 0. The summed E-state index contributed by atoms with van der Waals surface area (Å²) in [6.07, 6.45) is 6.01. The van der Waals surface area contributed by atoms with Crippen LogP contribution in [0.5, 0.6) is 0 Å². The molecule has 3 nitrogen and oxygen atoms in total. The van der Waals surface area contributed by atoms with E-state index < -0.39 is 4.75 Å². The maximum Gasteiger partial charge on any atom is 0.326 e. The lowest BCUT2D eigenvalue weighted by Crippen LogP contribution is -2.32. The van der Waals surface area contributed by atoms with Gasteiger partial charge in [0.15, 0.2) is 5.12 Å². The number of thioether (sulfide) groups is 1. The van der Waals surface area contributed by atoms with Gasteiger partial charge >= 0.3 is 5.97 Å². The van der Waals surface area contributed by atoms with Crippen molar-refractivity contribution in [3.63, 3.8) is 0 Å². The first-order valence-electron chi connectivity index (χ1n) is 7.62. The average Bonchev–Trinajstić information content (AvgIpc) is 2.53. The largest absolute Gasteiger partial charge is 0.460 e. The lowest BCUT2D eigenvalue weighted by molar-refractivity contribution is -0.146. The zero-order valence-corrected chi connectivity index (χ0v) is 14.3. The van der Waals surface area contributed by atoms with Crippen molar-refractivity contribution >= 4 is 22.8 Å². The highest BCUT2D eigenvalue weighted by atomic mass is 32.2. The number of hydrogen-bond acceptors (Lipinski definition) is 4. The van der Waals surface area contributed by atoms with Crippen LogP contribution in [0.15, 0.2) is 42.5 Å². The third-order valence-electron chi connectivity index (χ3n) is 3.12. The molecule has 1 rings (SSSR count). The molecule has 0 aliphatic carbocycles. The van der Waals surface area contributed by atoms with Gasteiger partial charge in [0.1, 0.15) is 11.4 Å². The molecule has 0 spiro atoms. The average molecular weight is 320 g/mol. The van der Waals surface area contributed by atoms with E-state index in [-0.39, 0.29) is 17.7 Å². The van der Waals surface area contributed by atoms with Crippen LogP contribution in [0.4, 0.5) is 0 Å². The van der Waals surface area contributed by atoms with Gasteiger partial charge in [-0.25, -0.2) is 0 Å². The van der Waals surface area contributed by atoms with Crippen molar-refractivity contribution in [3.8, 4) is 0 Å². The Morgan fingerprint density at radius 1 is 1.23 bits per heavy atom. The third-order valence-corrected chi connectivity index (χ3v) is 4.37. The van der Waals surface area contributed by atoms with Crippen molar-refractivity contribution in [1.29, 1.82) is 0 Å². The summed E-state index contributed by atoms with van der Waals surface area (Å²) in [5.41, 5.74) is 0.933. The molecule has 0 aliphatic rings. The molecule has 0 amide bonds. The summed E-state index contributed by atoms with van der Waals surface area (Å²) in [4.78, 5) is 24.2. The fourth-order valence-corrected chi connectivity index (χ4v) is 2.72. The minimum absolute atomic E-state index is 0.0136. The molecular weight excluding hydrogens is 296 g/mol. The quantitative estimate of drug-likeness (QED) is 0.522. The number of esters is 1. The van der Waals surface area contributed by atoms with Gasteiger partial charge in [-0.05, 0) is 18.9 Å². The first kappa shape index (κ1) is 18.5. The smallest absolute Gasteiger partial charge is 0.326 e. The van der Waals surface area contributed by atoms with E-state index in [4.69, 9.17) is 4.74 Å². The minimum Gasteiger partial charge on any atom is -0.460 e. The molecule has 0 heterocycles. The molecule has 0 N–H and O–H groups in total. The van der Waals surface area contributed by atoms with Crippen LogP contribution >= 0.6 is 11.8 Å². The number of ether oxygens (including phenoxy) is 1. The van der Waals surface area contributed by atoms with Gasteiger partial charge in [-0.2, -0.15) is 0 Å². The van der Waals surface area contributed by atoms with E-state index in [0.717, 1.165) is 30.2 Å². The predicted molar refractivity (Wildman–Crippen MR) is 91.6 cm³/mol. The first-order chi connectivity index (χ1) is 10.5. The second-order valence-electron chi connectivity index (χ2n) is 5.19. The Hall–Kier alpha value is -1.55. The second kappa shape index (κ2) is 9.46. The third kappa shape index (κ3) is 6.06. The van der Waals surface area contributed by atoms with Crippen molar-refractivity contribution in [2.45, 2.75) is 51.4 Å². The van der Waals surface area contributed by atoms with Crippen molar-refractivity contribution in [2.24, 2.45) is 0 Å². The lowest BCUT2D eigenvalue weighted by atomic mass is 10.1. The van der Waals surface area contributed by atoms with Crippen LogP contribution in [0.1, 0.15) is 45.6 Å². The number of carbonyl (C=O) groups is 2. The van der Waals surface area contributed by atoms with Gasteiger partial charge in [-0.1, -0.05) is 74.5 Å². The van der Waals surface area contributed by atoms with E-state index in [2.05, 4.69) is 6.92 Å². The Kier molecular flexibility index (Phi) is 7.96. The first-order valence-corrected chi connectivity index (χ1v) is 8.44. The van der Waals surface area contributed by atoms with Crippen molar-refractivity contribution in [3.05, 3.63) is 48.0 Å². The molecule has 1 atom stereocenters. The SMILES string of the molecule is CCC/C=C/[C@@](C)(SC(=O)CC)C(=O)OCc1ccccc1. The van der Waals surface area contributed by atoms with Gasteiger partial charge < -0.3 is 4.74 Å². The standard InChI is InChI=1S/C18H24O3S/c1-4-6-10-13-18(3,22-16(19)5-2)17(20)21-14-15-11-8-7-9-12-15/h7-13H,4-6,14H2,1-3H3/b13-10+/t18-/m1/s1. The Bertz CT molecular complexity index is 510. The molecule has 0 aliphatic heterocycles. The molecule has 0 fully saturated rings. The summed E-state index contributed by atoms with van der Waals surface area (Å²) >= 11 is 1.04. The van der Waals surface area contributed by atoms with Crippen LogP contribution in [0, 0.1) is 0 Å². The zero-order chi connectivity index (χ0) is 16.4. The van der Waals surface area contributed by atoms with Crippen LogP contribution in [0.3, 0.4) is 0 Å². The van der Waals surface area contributed by atoms with Gasteiger partial charge in [-0.15, -0.1) is 0 Å². The minimum atomic E-state index is -0.961. The van der Waals surface area contributed by atoms with Crippen molar-refractivity contribution in [1.82, 2.24) is 0 Å². The van der Waals surface area contributed by atoms with Gasteiger partial charge in [0, 0.05) is 6.42 Å². The molecule has 1 aromatic rings. The summed E-state index contributed by atoms with van der Waals surface area (Å²) in [5.74, 6) is -0.379. The maximum absolute atomic E-state index is 12.4. The monoisotopic (exact) mass is 320 g/mol. The van der Waals surface area contributed by atoms with E-state index in [1.54, 1.807) is 19.9 Å². The zero-order valence-electron chi connectivity index (χ0n) is 13.5. The highest BCUT2D eigenvalue weighted by Gasteiger charge is 2.35. The van der Waals surface area contributed by atoms with Crippen LogP contribution in [0.25, 0.3) is 0 Å². The number of rotatable bonds is 8. The predicted octanol–water partition coefficient (Wildman–Crippen LogP) is 4.51. The highest BCUT2D eigenvalue weighted by Crippen LogP contribution is 2.30.